The monoisotopic (exact) mass is 311 g/mol. The second kappa shape index (κ2) is 5.59. The highest BCUT2D eigenvalue weighted by molar-refractivity contribution is 7.90. The van der Waals surface area contributed by atoms with Crippen LogP contribution in [0.1, 0.15) is 12.8 Å². The van der Waals surface area contributed by atoms with E-state index in [0.717, 1.165) is 25.9 Å². The van der Waals surface area contributed by atoms with Gasteiger partial charge in [-0.25, -0.2) is 8.42 Å². The van der Waals surface area contributed by atoms with E-state index in [0.29, 0.717) is 17.6 Å². The molecule has 0 bridgehead atoms. The molecule has 1 heterocycles. The molecule has 1 aromatic rings. The Balaban J connectivity index is 1.68. The number of rotatable bonds is 3. The highest BCUT2D eigenvalue weighted by atomic mass is 32.2. The van der Waals surface area contributed by atoms with Gasteiger partial charge < -0.3 is 15.2 Å². The molecule has 2 aliphatic rings. The quantitative estimate of drug-likeness (QED) is 0.865. The van der Waals surface area contributed by atoms with Crippen molar-refractivity contribution in [3.63, 3.8) is 0 Å². The molecule has 2 N–H and O–H groups in total. The van der Waals surface area contributed by atoms with E-state index < -0.39 is 15.9 Å². The van der Waals surface area contributed by atoms with Crippen molar-refractivity contribution in [2.24, 2.45) is 11.8 Å². The molecule has 1 saturated heterocycles. The van der Waals surface area contributed by atoms with Crippen LogP contribution in [-0.4, -0.2) is 45.1 Å². The lowest BCUT2D eigenvalue weighted by molar-refractivity contribution is -0.0231. The molecular formula is C15H21NO4S. The Morgan fingerprint density at radius 3 is 2.38 bits per heavy atom. The number of sulfone groups is 1. The molecule has 1 saturated carbocycles. The van der Waals surface area contributed by atoms with E-state index in [1.807, 2.05) is 0 Å². The average molecular weight is 311 g/mol. The van der Waals surface area contributed by atoms with Crippen LogP contribution in [0.5, 0.6) is 5.75 Å². The Bertz CT molecular complexity index is 599. The van der Waals surface area contributed by atoms with Crippen LogP contribution >= 0.6 is 0 Å². The molecule has 1 aromatic carbocycles. The Morgan fingerprint density at radius 2 is 1.76 bits per heavy atom. The lowest BCUT2D eigenvalue weighted by atomic mass is 9.78. The van der Waals surface area contributed by atoms with Gasteiger partial charge in [0, 0.05) is 6.26 Å². The van der Waals surface area contributed by atoms with Crippen LogP contribution < -0.4 is 10.1 Å². The van der Waals surface area contributed by atoms with Gasteiger partial charge in [-0.3, -0.25) is 0 Å². The van der Waals surface area contributed by atoms with Crippen molar-refractivity contribution in [3.05, 3.63) is 24.3 Å². The summed E-state index contributed by atoms with van der Waals surface area (Å²) >= 11 is 0. The largest absolute Gasteiger partial charge is 0.488 e. The number of benzene rings is 1. The van der Waals surface area contributed by atoms with Crippen LogP contribution in [0, 0.1) is 11.8 Å². The first-order chi connectivity index (χ1) is 9.93. The molecule has 21 heavy (non-hydrogen) atoms. The van der Waals surface area contributed by atoms with Crippen LogP contribution in [0.25, 0.3) is 0 Å². The van der Waals surface area contributed by atoms with Crippen molar-refractivity contribution in [1.29, 1.82) is 0 Å². The summed E-state index contributed by atoms with van der Waals surface area (Å²) in [6, 6.07) is 6.39. The van der Waals surface area contributed by atoms with E-state index in [1.54, 1.807) is 24.3 Å². The topological polar surface area (TPSA) is 75.6 Å². The second-order valence-electron chi connectivity index (χ2n) is 6.12. The molecule has 2 fully saturated rings. The van der Waals surface area contributed by atoms with E-state index >= 15 is 0 Å². The van der Waals surface area contributed by atoms with Gasteiger partial charge in [0.25, 0.3) is 0 Å². The standard InChI is InChI=1S/C15H21NO4S/c1-21(18,19)13-4-2-12(3-5-13)20-15-7-11-9-16-8-10(11)6-14(15)17/h2-5,10-11,14-17H,6-9H2,1H3/t10-,11+,14+,15+/m0/s1. The summed E-state index contributed by atoms with van der Waals surface area (Å²) in [4.78, 5) is 0.277. The summed E-state index contributed by atoms with van der Waals surface area (Å²) in [5, 5.41) is 13.6. The predicted octanol–water partition coefficient (Wildman–Crippen LogP) is 0.828. The van der Waals surface area contributed by atoms with E-state index in [9.17, 15) is 13.5 Å². The fraction of sp³-hybridized carbons (Fsp3) is 0.600. The van der Waals surface area contributed by atoms with E-state index in [-0.39, 0.29) is 11.0 Å². The third kappa shape index (κ3) is 3.22. The average Bonchev–Trinajstić information content (AvgIpc) is 2.86. The van der Waals surface area contributed by atoms with Gasteiger partial charge >= 0.3 is 0 Å². The third-order valence-corrected chi connectivity index (χ3v) is 5.66. The molecule has 116 valence electrons. The molecule has 1 aliphatic carbocycles. The van der Waals surface area contributed by atoms with Crippen molar-refractivity contribution in [1.82, 2.24) is 5.32 Å². The molecule has 0 radical (unpaired) electrons. The van der Waals surface area contributed by atoms with Gasteiger partial charge in [0.1, 0.15) is 11.9 Å². The molecule has 5 nitrogen and oxygen atoms in total. The zero-order chi connectivity index (χ0) is 15.0. The SMILES string of the molecule is CS(=O)(=O)c1ccc(O[C@@H]2C[C@@H]3CNC[C@@H]3C[C@H]2O)cc1. The third-order valence-electron chi connectivity index (χ3n) is 4.53. The fourth-order valence-corrected chi connectivity index (χ4v) is 3.95. The highest BCUT2D eigenvalue weighted by Gasteiger charge is 2.39. The Morgan fingerprint density at radius 1 is 1.14 bits per heavy atom. The van der Waals surface area contributed by atoms with Crippen LogP contribution in [-0.2, 0) is 9.84 Å². The van der Waals surface area contributed by atoms with Crippen molar-refractivity contribution in [3.8, 4) is 5.75 Å². The Hall–Kier alpha value is -1.11. The minimum atomic E-state index is -3.19. The van der Waals surface area contributed by atoms with Crippen molar-refractivity contribution >= 4 is 9.84 Å². The molecule has 0 unspecified atom stereocenters. The summed E-state index contributed by atoms with van der Waals surface area (Å²) in [6.45, 7) is 1.97. The molecular weight excluding hydrogens is 290 g/mol. The molecule has 4 atom stereocenters. The molecule has 0 aromatic heterocycles. The maximum absolute atomic E-state index is 11.4. The number of ether oxygens (including phenoxy) is 1. The summed E-state index contributed by atoms with van der Waals surface area (Å²) < 4.78 is 28.7. The second-order valence-corrected chi connectivity index (χ2v) is 8.13. The highest BCUT2D eigenvalue weighted by Crippen LogP contribution is 2.34. The first-order valence-corrected chi connectivity index (χ1v) is 9.18. The zero-order valence-electron chi connectivity index (χ0n) is 12.0. The smallest absolute Gasteiger partial charge is 0.175 e. The minimum absolute atomic E-state index is 0.213. The molecule has 1 aliphatic heterocycles. The fourth-order valence-electron chi connectivity index (χ4n) is 3.32. The normalized spacial score (nSPS) is 32.7. The van der Waals surface area contributed by atoms with Crippen LogP contribution in [0.4, 0.5) is 0 Å². The van der Waals surface area contributed by atoms with Crippen molar-refractivity contribution in [2.75, 3.05) is 19.3 Å². The molecule has 3 rings (SSSR count). The molecule has 6 heteroatoms. The lowest BCUT2D eigenvalue weighted by Gasteiger charge is -2.35. The van der Waals surface area contributed by atoms with Gasteiger partial charge in [-0.15, -0.1) is 0 Å². The number of hydrogen-bond acceptors (Lipinski definition) is 5. The molecule has 0 spiro atoms. The first kappa shape index (κ1) is 14.8. The van der Waals surface area contributed by atoms with Gasteiger partial charge in [0.2, 0.25) is 0 Å². The number of hydrogen-bond donors (Lipinski definition) is 2. The molecule has 0 amide bonds. The van der Waals surface area contributed by atoms with Crippen molar-refractivity contribution in [2.45, 2.75) is 29.9 Å². The summed E-state index contributed by atoms with van der Waals surface area (Å²) in [6.07, 6.45) is 2.12. The van der Waals surface area contributed by atoms with Crippen LogP contribution in [0.3, 0.4) is 0 Å². The number of fused-ring (bicyclic) bond motifs is 1. The summed E-state index contributed by atoms with van der Waals surface area (Å²) in [5.74, 6) is 1.72. The summed E-state index contributed by atoms with van der Waals surface area (Å²) in [5.41, 5.74) is 0. The lowest BCUT2D eigenvalue weighted by Crippen LogP contribution is -2.42. The van der Waals surface area contributed by atoms with Gasteiger partial charge in [0.05, 0.1) is 11.0 Å². The van der Waals surface area contributed by atoms with Crippen LogP contribution in [0.15, 0.2) is 29.2 Å². The number of aliphatic hydroxyl groups is 1. The maximum Gasteiger partial charge on any atom is 0.175 e. The Kier molecular flexibility index (Phi) is 3.94. The van der Waals surface area contributed by atoms with E-state index in [1.165, 1.54) is 6.26 Å². The van der Waals surface area contributed by atoms with Gasteiger partial charge in [-0.05, 0) is 62.0 Å². The zero-order valence-corrected chi connectivity index (χ0v) is 12.8. The predicted molar refractivity (Wildman–Crippen MR) is 79.1 cm³/mol. The number of aliphatic hydroxyl groups excluding tert-OH is 1. The van der Waals surface area contributed by atoms with Crippen LogP contribution in [0.2, 0.25) is 0 Å². The van der Waals surface area contributed by atoms with E-state index in [4.69, 9.17) is 4.74 Å². The van der Waals surface area contributed by atoms with Gasteiger partial charge in [-0.2, -0.15) is 0 Å². The van der Waals surface area contributed by atoms with Gasteiger partial charge in [0.15, 0.2) is 9.84 Å². The first-order valence-electron chi connectivity index (χ1n) is 7.29. The minimum Gasteiger partial charge on any atom is -0.488 e. The number of nitrogens with one attached hydrogen (secondary N) is 1. The van der Waals surface area contributed by atoms with Gasteiger partial charge in [-0.1, -0.05) is 0 Å². The van der Waals surface area contributed by atoms with E-state index in [2.05, 4.69) is 5.32 Å². The Labute approximate surface area is 125 Å². The maximum atomic E-state index is 11.4. The van der Waals surface area contributed by atoms with Crippen molar-refractivity contribution < 1.29 is 18.3 Å². The summed E-state index contributed by atoms with van der Waals surface area (Å²) in [7, 11) is -3.19.